The van der Waals surface area contributed by atoms with Gasteiger partial charge in [-0.1, -0.05) is 31.5 Å². The highest BCUT2D eigenvalue weighted by Gasteiger charge is 2.18. The van der Waals surface area contributed by atoms with Gasteiger partial charge in [-0.2, -0.15) is 4.31 Å². The zero-order valence-corrected chi connectivity index (χ0v) is 12.1. The molecule has 0 N–H and O–H groups in total. The Kier molecular flexibility index (Phi) is 4.27. The minimum absolute atomic E-state index is 0.195. The molecule has 0 aliphatic heterocycles. The van der Waals surface area contributed by atoms with E-state index in [0.717, 1.165) is 17.4 Å². The Hall–Kier alpha value is -1.33. The molecule has 1 aromatic heterocycles. The molecule has 0 fully saturated rings. The summed E-state index contributed by atoms with van der Waals surface area (Å²) in [5.74, 6) is 0.865. The van der Waals surface area contributed by atoms with Crippen molar-refractivity contribution in [2.24, 2.45) is 0 Å². The lowest BCUT2D eigenvalue weighted by Gasteiger charge is -2.15. The summed E-state index contributed by atoms with van der Waals surface area (Å²) in [5.41, 5.74) is 0.789. The van der Waals surface area contributed by atoms with Crippen molar-refractivity contribution in [1.82, 2.24) is 4.31 Å². The van der Waals surface area contributed by atoms with Gasteiger partial charge in [-0.25, -0.2) is 8.42 Å². The molecule has 104 valence electrons. The highest BCUT2D eigenvalue weighted by Crippen LogP contribution is 2.20. The van der Waals surface area contributed by atoms with E-state index in [1.807, 2.05) is 37.3 Å². The van der Waals surface area contributed by atoms with Crippen molar-refractivity contribution in [3.05, 3.63) is 36.1 Å². The summed E-state index contributed by atoms with van der Waals surface area (Å²) in [6.07, 6.45) is 1.56. The fraction of sp³-hybridized carbons (Fsp3) is 0.429. The van der Waals surface area contributed by atoms with Crippen LogP contribution in [-0.2, 0) is 16.6 Å². The molecule has 1 aromatic carbocycles. The Balaban J connectivity index is 2.12. The van der Waals surface area contributed by atoms with Crippen molar-refractivity contribution in [2.75, 3.05) is 12.8 Å². The molecule has 4 nitrogen and oxygen atoms in total. The molecule has 5 heteroatoms. The number of unbranched alkanes of at least 4 members (excludes halogenated alkanes) is 1. The molecule has 0 unspecified atom stereocenters. The third-order valence-electron chi connectivity index (χ3n) is 3.09. The molecular formula is C14H19NO3S. The van der Waals surface area contributed by atoms with E-state index in [9.17, 15) is 8.42 Å². The van der Waals surface area contributed by atoms with Crippen LogP contribution < -0.4 is 0 Å². The summed E-state index contributed by atoms with van der Waals surface area (Å²) >= 11 is 0. The molecule has 1 heterocycles. The average Bonchev–Trinajstić information content (AvgIpc) is 2.78. The molecule has 0 saturated carbocycles. The summed E-state index contributed by atoms with van der Waals surface area (Å²) < 4.78 is 31.0. The predicted octanol–water partition coefficient (Wildman–Crippen LogP) is 2.99. The first-order valence-electron chi connectivity index (χ1n) is 6.44. The van der Waals surface area contributed by atoms with Gasteiger partial charge in [0, 0.05) is 12.4 Å². The molecule has 0 atom stereocenters. The standard InChI is InChI=1S/C14H19NO3S/c1-3-4-9-19(16,17)15(2)11-13-10-12-7-5-6-8-14(12)18-13/h5-8,10H,3-4,9,11H2,1-2H3. The smallest absolute Gasteiger partial charge is 0.214 e. The third kappa shape index (κ3) is 3.36. The van der Waals surface area contributed by atoms with Crippen LogP contribution in [0.4, 0.5) is 0 Å². The van der Waals surface area contributed by atoms with Gasteiger partial charge < -0.3 is 4.42 Å². The normalized spacial score (nSPS) is 12.4. The van der Waals surface area contributed by atoms with E-state index < -0.39 is 10.0 Å². The quantitative estimate of drug-likeness (QED) is 0.818. The number of nitrogens with zero attached hydrogens (tertiary/aromatic N) is 1. The van der Waals surface area contributed by atoms with Crippen LogP contribution in [0.5, 0.6) is 0 Å². The van der Waals surface area contributed by atoms with Crippen molar-refractivity contribution in [3.63, 3.8) is 0 Å². The number of sulfonamides is 1. The topological polar surface area (TPSA) is 50.5 Å². The van der Waals surface area contributed by atoms with Crippen LogP contribution in [-0.4, -0.2) is 25.5 Å². The second-order valence-corrected chi connectivity index (χ2v) is 6.87. The molecule has 0 bridgehead atoms. The third-order valence-corrected chi connectivity index (χ3v) is 4.97. The Morgan fingerprint density at radius 2 is 2.00 bits per heavy atom. The van der Waals surface area contributed by atoms with Crippen LogP contribution in [0.2, 0.25) is 0 Å². The van der Waals surface area contributed by atoms with E-state index in [-0.39, 0.29) is 12.3 Å². The Morgan fingerprint density at radius 3 is 2.68 bits per heavy atom. The van der Waals surface area contributed by atoms with Gasteiger partial charge in [0.15, 0.2) is 0 Å². The van der Waals surface area contributed by atoms with Gasteiger partial charge >= 0.3 is 0 Å². The first-order valence-corrected chi connectivity index (χ1v) is 8.05. The maximum Gasteiger partial charge on any atom is 0.214 e. The highest BCUT2D eigenvalue weighted by atomic mass is 32.2. The first kappa shape index (κ1) is 14.1. The molecule has 0 radical (unpaired) electrons. The second-order valence-electron chi connectivity index (χ2n) is 4.68. The van der Waals surface area contributed by atoms with Gasteiger partial charge in [-0.15, -0.1) is 0 Å². The van der Waals surface area contributed by atoms with E-state index in [1.165, 1.54) is 4.31 Å². The van der Waals surface area contributed by atoms with Gasteiger partial charge in [0.25, 0.3) is 0 Å². The van der Waals surface area contributed by atoms with E-state index in [4.69, 9.17) is 4.42 Å². The van der Waals surface area contributed by atoms with Crippen molar-refractivity contribution < 1.29 is 12.8 Å². The Bertz CT molecular complexity index is 613. The van der Waals surface area contributed by atoms with E-state index in [2.05, 4.69) is 0 Å². The number of fused-ring (bicyclic) bond motifs is 1. The number of furan rings is 1. The molecular weight excluding hydrogens is 262 g/mol. The van der Waals surface area contributed by atoms with Crippen LogP contribution >= 0.6 is 0 Å². The summed E-state index contributed by atoms with van der Waals surface area (Å²) in [4.78, 5) is 0. The molecule has 19 heavy (non-hydrogen) atoms. The number of hydrogen-bond acceptors (Lipinski definition) is 3. The van der Waals surface area contributed by atoms with Crippen LogP contribution in [0, 0.1) is 0 Å². The van der Waals surface area contributed by atoms with Gasteiger partial charge in [0.1, 0.15) is 11.3 Å². The highest BCUT2D eigenvalue weighted by molar-refractivity contribution is 7.89. The molecule has 2 rings (SSSR count). The van der Waals surface area contributed by atoms with Crippen LogP contribution in [0.3, 0.4) is 0 Å². The zero-order chi connectivity index (χ0) is 13.9. The lowest BCUT2D eigenvalue weighted by Crippen LogP contribution is -2.28. The summed E-state index contributed by atoms with van der Waals surface area (Å²) in [7, 11) is -1.59. The van der Waals surface area contributed by atoms with Crippen LogP contribution in [0.25, 0.3) is 11.0 Å². The SMILES string of the molecule is CCCCS(=O)(=O)N(C)Cc1cc2ccccc2o1. The largest absolute Gasteiger partial charge is 0.460 e. The fourth-order valence-corrected chi connectivity index (χ4v) is 3.20. The number of rotatable bonds is 6. The summed E-state index contributed by atoms with van der Waals surface area (Å²) in [5, 5.41) is 0.997. The fourth-order valence-electron chi connectivity index (χ4n) is 1.92. The molecule has 0 aliphatic carbocycles. The number of para-hydroxylation sites is 1. The summed E-state index contributed by atoms with van der Waals surface area (Å²) in [6, 6.07) is 9.56. The minimum Gasteiger partial charge on any atom is -0.460 e. The van der Waals surface area contributed by atoms with Gasteiger partial charge in [0.2, 0.25) is 10.0 Å². The van der Waals surface area contributed by atoms with Crippen molar-refractivity contribution in [3.8, 4) is 0 Å². The minimum atomic E-state index is -3.18. The van der Waals surface area contributed by atoms with Crippen molar-refractivity contribution in [1.29, 1.82) is 0 Å². The molecule has 0 spiro atoms. The number of benzene rings is 1. The molecule has 2 aromatic rings. The monoisotopic (exact) mass is 281 g/mol. The Labute approximate surface area is 114 Å². The van der Waals surface area contributed by atoms with Gasteiger partial charge in [-0.05, 0) is 18.6 Å². The average molecular weight is 281 g/mol. The van der Waals surface area contributed by atoms with E-state index in [1.54, 1.807) is 7.05 Å². The van der Waals surface area contributed by atoms with E-state index in [0.29, 0.717) is 12.2 Å². The van der Waals surface area contributed by atoms with Crippen molar-refractivity contribution >= 4 is 21.0 Å². The zero-order valence-electron chi connectivity index (χ0n) is 11.3. The maximum atomic E-state index is 12.0. The lowest BCUT2D eigenvalue weighted by molar-refractivity contribution is 0.417. The Morgan fingerprint density at radius 1 is 1.26 bits per heavy atom. The van der Waals surface area contributed by atoms with Crippen LogP contribution in [0.1, 0.15) is 25.5 Å². The van der Waals surface area contributed by atoms with Crippen molar-refractivity contribution in [2.45, 2.75) is 26.3 Å². The number of hydrogen-bond donors (Lipinski definition) is 0. The second kappa shape index (κ2) is 5.75. The maximum absolute atomic E-state index is 12.0. The van der Waals surface area contributed by atoms with Gasteiger partial charge in [-0.3, -0.25) is 0 Å². The van der Waals surface area contributed by atoms with Crippen LogP contribution in [0.15, 0.2) is 34.7 Å². The lowest BCUT2D eigenvalue weighted by atomic mass is 10.2. The van der Waals surface area contributed by atoms with E-state index >= 15 is 0 Å². The first-order chi connectivity index (χ1) is 9.03. The molecule has 0 amide bonds. The summed E-state index contributed by atoms with van der Waals surface area (Å²) in [6.45, 7) is 2.26. The molecule has 0 saturated heterocycles. The molecule has 0 aliphatic rings. The predicted molar refractivity (Wildman–Crippen MR) is 76.4 cm³/mol. The van der Waals surface area contributed by atoms with Gasteiger partial charge in [0.05, 0.1) is 12.3 Å².